The zero-order chi connectivity index (χ0) is 9.97. The molecule has 2 rings (SSSR count). The van der Waals surface area contributed by atoms with Crippen LogP contribution >= 0.6 is 11.6 Å². The lowest BCUT2D eigenvalue weighted by Gasteiger charge is -2.07. The van der Waals surface area contributed by atoms with Crippen molar-refractivity contribution in [3.63, 3.8) is 0 Å². The van der Waals surface area contributed by atoms with E-state index in [-0.39, 0.29) is 0 Å². The lowest BCUT2D eigenvalue weighted by molar-refractivity contribution is 0.419. The largest absolute Gasteiger partial charge is 0.496 e. The Morgan fingerprint density at radius 2 is 2.14 bits per heavy atom. The Kier molecular flexibility index (Phi) is 2.55. The van der Waals surface area contributed by atoms with Crippen LogP contribution in [-0.2, 0) is 5.88 Å². The second-order valence-corrected chi connectivity index (χ2v) is 3.25. The topological polar surface area (TPSA) is 22.1 Å². The van der Waals surface area contributed by atoms with E-state index in [1.807, 2.05) is 24.4 Å². The van der Waals surface area contributed by atoms with Crippen molar-refractivity contribution >= 4 is 22.4 Å². The van der Waals surface area contributed by atoms with Crippen molar-refractivity contribution in [3.05, 3.63) is 36.2 Å². The van der Waals surface area contributed by atoms with Crippen LogP contribution < -0.4 is 4.74 Å². The number of benzene rings is 1. The summed E-state index contributed by atoms with van der Waals surface area (Å²) < 4.78 is 5.26. The van der Waals surface area contributed by atoms with Gasteiger partial charge in [0.2, 0.25) is 0 Å². The lowest BCUT2D eigenvalue weighted by Crippen LogP contribution is -1.89. The van der Waals surface area contributed by atoms with Crippen LogP contribution in [-0.4, -0.2) is 12.1 Å². The molecule has 0 saturated carbocycles. The number of methoxy groups -OCH3 is 1. The number of hydrogen-bond donors (Lipinski definition) is 0. The number of fused-ring (bicyclic) bond motifs is 1. The normalized spacial score (nSPS) is 10.4. The second kappa shape index (κ2) is 3.84. The molecule has 72 valence electrons. The smallest absolute Gasteiger partial charge is 0.126 e. The van der Waals surface area contributed by atoms with E-state index in [1.54, 1.807) is 13.3 Å². The molecule has 0 N–H and O–H groups in total. The fraction of sp³-hybridized carbons (Fsp3) is 0.182. The monoisotopic (exact) mass is 207 g/mol. The Morgan fingerprint density at radius 3 is 2.86 bits per heavy atom. The molecule has 3 heteroatoms. The molecule has 0 radical (unpaired) electrons. The lowest BCUT2D eigenvalue weighted by atomic mass is 10.1. The molecule has 0 aliphatic rings. The number of hydrogen-bond acceptors (Lipinski definition) is 2. The maximum atomic E-state index is 5.83. The number of ether oxygens (including phenoxy) is 1. The van der Waals surface area contributed by atoms with Crippen molar-refractivity contribution in [2.45, 2.75) is 5.88 Å². The van der Waals surface area contributed by atoms with E-state index in [4.69, 9.17) is 16.3 Å². The highest BCUT2D eigenvalue weighted by atomic mass is 35.5. The molecule has 2 nitrogen and oxygen atoms in total. The van der Waals surface area contributed by atoms with E-state index < -0.39 is 0 Å². The highest BCUT2D eigenvalue weighted by Gasteiger charge is 2.04. The molecule has 1 heterocycles. The summed E-state index contributed by atoms with van der Waals surface area (Å²) in [5.74, 6) is 1.35. The molecule has 2 aromatic rings. The predicted molar refractivity (Wildman–Crippen MR) is 57.9 cm³/mol. The first-order valence-electron chi connectivity index (χ1n) is 4.32. The van der Waals surface area contributed by atoms with Crippen LogP contribution in [0.25, 0.3) is 10.8 Å². The third kappa shape index (κ3) is 1.42. The van der Waals surface area contributed by atoms with E-state index in [2.05, 4.69) is 4.98 Å². The van der Waals surface area contributed by atoms with Gasteiger partial charge in [-0.1, -0.05) is 6.07 Å². The van der Waals surface area contributed by atoms with Gasteiger partial charge < -0.3 is 4.74 Å². The van der Waals surface area contributed by atoms with Gasteiger partial charge in [0.1, 0.15) is 5.75 Å². The van der Waals surface area contributed by atoms with E-state index in [0.29, 0.717) is 5.88 Å². The van der Waals surface area contributed by atoms with Gasteiger partial charge in [0.25, 0.3) is 0 Å². The van der Waals surface area contributed by atoms with E-state index in [1.165, 1.54) is 0 Å². The van der Waals surface area contributed by atoms with Gasteiger partial charge in [-0.3, -0.25) is 4.98 Å². The molecule has 0 unspecified atom stereocenters. The Morgan fingerprint density at radius 1 is 1.29 bits per heavy atom. The van der Waals surface area contributed by atoms with Crippen molar-refractivity contribution in [3.8, 4) is 5.75 Å². The molecule has 0 atom stereocenters. The van der Waals surface area contributed by atoms with Gasteiger partial charge in [-0.05, 0) is 17.7 Å². The Hall–Kier alpha value is -1.28. The minimum atomic E-state index is 0.492. The summed E-state index contributed by atoms with van der Waals surface area (Å²) in [7, 11) is 1.66. The molecule has 1 aromatic carbocycles. The maximum absolute atomic E-state index is 5.83. The van der Waals surface area contributed by atoms with Crippen LogP contribution in [0.15, 0.2) is 30.6 Å². The van der Waals surface area contributed by atoms with Crippen LogP contribution in [0.4, 0.5) is 0 Å². The Bertz CT molecular complexity index is 413. The molecule has 1 aromatic heterocycles. The van der Waals surface area contributed by atoms with Gasteiger partial charge in [0.15, 0.2) is 0 Å². The second-order valence-electron chi connectivity index (χ2n) is 2.98. The quantitative estimate of drug-likeness (QED) is 0.707. The van der Waals surface area contributed by atoms with Crippen molar-refractivity contribution in [1.29, 1.82) is 0 Å². The van der Waals surface area contributed by atoms with E-state index in [0.717, 1.165) is 22.1 Å². The molecule has 0 fully saturated rings. The number of alkyl halides is 1. The summed E-state index contributed by atoms with van der Waals surface area (Å²) in [5, 5.41) is 2.11. The highest BCUT2D eigenvalue weighted by molar-refractivity contribution is 6.18. The van der Waals surface area contributed by atoms with Crippen molar-refractivity contribution in [2.75, 3.05) is 7.11 Å². The molecule has 0 aliphatic carbocycles. The van der Waals surface area contributed by atoms with Crippen molar-refractivity contribution in [1.82, 2.24) is 4.98 Å². The van der Waals surface area contributed by atoms with Crippen LogP contribution in [0.1, 0.15) is 5.56 Å². The minimum Gasteiger partial charge on any atom is -0.496 e. The third-order valence-electron chi connectivity index (χ3n) is 2.23. The average molecular weight is 208 g/mol. The van der Waals surface area contributed by atoms with Gasteiger partial charge in [-0.2, -0.15) is 0 Å². The fourth-order valence-electron chi connectivity index (χ4n) is 1.52. The molecule has 14 heavy (non-hydrogen) atoms. The summed E-state index contributed by atoms with van der Waals surface area (Å²) in [6.45, 7) is 0. The molecular weight excluding hydrogens is 198 g/mol. The van der Waals surface area contributed by atoms with Gasteiger partial charge >= 0.3 is 0 Å². The first-order chi connectivity index (χ1) is 6.86. The minimum absolute atomic E-state index is 0.492. The number of pyridine rings is 1. The van der Waals surface area contributed by atoms with Crippen LogP contribution in [0.5, 0.6) is 5.75 Å². The van der Waals surface area contributed by atoms with Gasteiger partial charge in [0.05, 0.1) is 7.11 Å². The number of halogens is 1. The molecular formula is C11H10ClNO. The van der Waals surface area contributed by atoms with Crippen LogP contribution in [0.3, 0.4) is 0 Å². The van der Waals surface area contributed by atoms with Gasteiger partial charge in [0, 0.05) is 29.0 Å². The molecule has 0 aliphatic heterocycles. The molecule has 0 amide bonds. The summed E-state index contributed by atoms with van der Waals surface area (Å²) in [6, 6.07) is 5.83. The highest BCUT2D eigenvalue weighted by Crippen LogP contribution is 2.28. The third-order valence-corrected chi connectivity index (χ3v) is 2.52. The molecule has 0 bridgehead atoms. The van der Waals surface area contributed by atoms with Crippen molar-refractivity contribution < 1.29 is 4.74 Å². The Labute approximate surface area is 87.5 Å². The molecule has 0 spiro atoms. The van der Waals surface area contributed by atoms with Crippen molar-refractivity contribution in [2.24, 2.45) is 0 Å². The SMILES string of the molecule is COc1ccc(CCl)c2cnccc12. The molecule has 0 saturated heterocycles. The summed E-state index contributed by atoms with van der Waals surface area (Å²) in [5.41, 5.74) is 1.08. The van der Waals surface area contributed by atoms with E-state index >= 15 is 0 Å². The number of rotatable bonds is 2. The summed E-state index contributed by atoms with van der Waals surface area (Å²) in [6.07, 6.45) is 3.57. The standard InChI is InChI=1S/C11H10ClNO/c1-14-11-3-2-8(6-12)10-7-13-5-4-9(10)11/h2-5,7H,6H2,1H3. The van der Waals surface area contributed by atoms with E-state index in [9.17, 15) is 0 Å². The van der Waals surface area contributed by atoms with Crippen LogP contribution in [0.2, 0.25) is 0 Å². The number of nitrogens with zero attached hydrogens (tertiary/aromatic N) is 1. The first-order valence-corrected chi connectivity index (χ1v) is 4.86. The first kappa shape index (κ1) is 9.28. The zero-order valence-corrected chi connectivity index (χ0v) is 8.58. The zero-order valence-electron chi connectivity index (χ0n) is 7.83. The van der Waals surface area contributed by atoms with Gasteiger partial charge in [-0.15, -0.1) is 11.6 Å². The summed E-state index contributed by atoms with van der Waals surface area (Å²) in [4.78, 5) is 4.08. The Balaban J connectivity index is 2.78. The predicted octanol–water partition coefficient (Wildman–Crippen LogP) is 2.98. The maximum Gasteiger partial charge on any atom is 0.126 e. The summed E-state index contributed by atoms with van der Waals surface area (Å²) >= 11 is 5.83. The number of aromatic nitrogens is 1. The van der Waals surface area contributed by atoms with Gasteiger partial charge in [-0.25, -0.2) is 0 Å². The van der Waals surface area contributed by atoms with Crippen LogP contribution in [0, 0.1) is 0 Å². The average Bonchev–Trinajstić information content (AvgIpc) is 2.27. The fourth-order valence-corrected chi connectivity index (χ4v) is 1.75.